The molecule has 0 bridgehead atoms. The Hall–Kier alpha value is -2.95. The van der Waals surface area contributed by atoms with E-state index in [2.05, 4.69) is 37.9 Å². The lowest BCUT2D eigenvalue weighted by Gasteiger charge is -2.16. The Morgan fingerprint density at radius 2 is 1.61 bits per heavy atom. The Morgan fingerprint density at radius 3 is 2.16 bits per heavy atom. The average Bonchev–Trinajstić information content (AvgIpc) is 2.75. The zero-order valence-electron chi connectivity index (χ0n) is 19.1. The summed E-state index contributed by atoms with van der Waals surface area (Å²) in [5.41, 5.74) is 4.50. The Labute approximate surface area is 184 Å². The molecule has 0 aliphatic carbocycles. The normalized spacial score (nSPS) is 11.1. The highest BCUT2D eigenvalue weighted by Gasteiger charge is 2.18. The summed E-state index contributed by atoms with van der Waals surface area (Å²) < 4.78 is 1.61. The second kappa shape index (κ2) is 10.4. The van der Waals surface area contributed by atoms with Crippen molar-refractivity contribution in [2.24, 2.45) is 0 Å². The van der Waals surface area contributed by atoms with Gasteiger partial charge in [0.2, 0.25) is 0 Å². The van der Waals surface area contributed by atoms with Crippen molar-refractivity contribution in [2.75, 3.05) is 0 Å². The lowest BCUT2D eigenvalue weighted by atomic mass is 9.94. The van der Waals surface area contributed by atoms with E-state index in [1.807, 2.05) is 25.1 Å². The molecule has 0 saturated carbocycles. The van der Waals surface area contributed by atoms with Gasteiger partial charge in [-0.1, -0.05) is 58.2 Å². The molecule has 1 aromatic carbocycles. The first-order valence-corrected chi connectivity index (χ1v) is 11.4. The highest BCUT2D eigenvalue weighted by atomic mass is 16.3. The summed E-state index contributed by atoms with van der Waals surface area (Å²) in [4.78, 5) is 22.8. The van der Waals surface area contributed by atoms with Crippen molar-refractivity contribution in [2.45, 2.75) is 72.6 Å². The molecule has 0 radical (unpaired) electrons. The van der Waals surface area contributed by atoms with E-state index < -0.39 is 0 Å². The highest BCUT2D eigenvalue weighted by molar-refractivity contribution is 5.46. The molecular weight excluding hydrogens is 386 g/mol. The monoisotopic (exact) mass is 419 g/mol. The van der Waals surface area contributed by atoms with E-state index in [0.29, 0.717) is 29.4 Å². The molecule has 0 amide bonds. The minimum atomic E-state index is -0.0585. The van der Waals surface area contributed by atoms with Crippen LogP contribution in [0.4, 0.5) is 0 Å². The van der Waals surface area contributed by atoms with E-state index in [-0.39, 0.29) is 5.56 Å². The molecule has 0 atom stereocenters. The third kappa shape index (κ3) is 5.04. The van der Waals surface area contributed by atoms with Crippen LogP contribution in [-0.4, -0.2) is 19.6 Å². The number of rotatable bonds is 9. The lowest BCUT2D eigenvalue weighted by Crippen LogP contribution is -2.28. The Morgan fingerprint density at radius 1 is 0.968 bits per heavy atom. The number of benzene rings is 1. The van der Waals surface area contributed by atoms with Gasteiger partial charge in [-0.15, -0.1) is 0 Å². The molecule has 5 nitrogen and oxygen atoms in total. The number of nitrogens with zero attached hydrogens (tertiary/aromatic N) is 3. The fourth-order valence-corrected chi connectivity index (χ4v) is 4.15. The zero-order chi connectivity index (χ0) is 22.4. The van der Waals surface area contributed by atoms with Crippen LogP contribution in [0.1, 0.15) is 73.8 Å². The van der Waals surface area contributed by atoms with Gasteiger partial charge in [0.25, 0.3) is 5.56 Å². The average molecular weight is 420 g/mol. The maximum Gasteiger partial charge on any atom is 0.263 e. The smallest absolute Gasteiger partial charge is 0.263 e. The number of phenols is 1. The van der Waals surface area contributed by atoms with Gasteiger partial charge in [-0.05, 0) is 55.0 Å². The second-order valence-corrected chi connectivity index (χ2v) is 8.10. The van der Waals surface area contributed by atoms with E-state index in [9.17, 15) is 9.90 Å². The van der Waals surface area contributed by atoms with Gasteiger partial charge in [0, 0.05) is 18.2 Å². The molecule has 0 aliphatic heterocycles. The number of hydrogen-bond acceptors (Lipinski definition) is 4. The van der Waals surface area contributed by atoms with E-state index in [4.69, 9.17) is 4.98 Å². The van der Waals surface area contributed by atoms with Gasteiger partial charge in [0.15, 0.2) is 0 Å². The van der Waals surface area contributed by atoms with E-state index in [0.717, 1.165) is 60.9 Å². The van der Waals surface area contributed by atoms with Crippen molar-refractivity contribution < 1.29 is 5.11 Å². The summed E-state index contributed by atoms with van der Waals surface area (Å²) in [6, 6.07) is 9.65. The van der Waals surface area contributed by atoms with Crippen LogP contribution >= 0.6 is 0 Å². The summed E-state index contributed by atoms with van der Waals surface area (Å²) >= 11 is 0. The van der Waals surface area contributed by atoms with Crippen molar-refractivity contribution in [3.05, 3.63) is 80.7 Å². The highest BCUT2D eigenvalue weighted by Crippen LogP contribution is 2.28. The standard InChI is InChI=1S/C26H33N3O2/c1-5-10-20-15-19(16-21(11-6-2)25(20)30)17-22-23(12-7-3)28-18(4)29(26(22)31)24-13-8-9-14-27-24/h8-9,13-16,30H,5-7,10-12,17H2,1-4H3. The predicted molar refractivity (Wildman–Crippen MR) is 125 cm³/mol. The minimum Gasteiger partial charge on any atom is -0.507 e. The van der Waals surface area contributed by atoms with E-state index in [1.54, 1.807) is 10.8 Å². The molecule has 0 unspecified atom stereocenters. The summed E-state index contributed by atoms with van der Waals surface area (Å²) in [7, 11) is 0. The molecule has 1 N–H and O–H groups in total. The Bertz CT molecular complexity index is 1060. The third-order valence-electron chi connectivity index (χ3n) is 5.54. The maximum absolute atomic E-state index is 13.6. The van der Waals surface area contributed by atoms with Crippen LogP contribution in [0, 0.1) is 6.92 Å². The first-order valence-electron chi connectivity index (χ1n) is 11.4. The molecule has 164 valence electrons. The first kappa shape index (κ1) is 22.7. The number of aromatic nitrogens is 3. The lowest BCUT2D eigenvalue weighted by molar-refractivity contribution is 0.459. The molecule has 0 aliphatic rings. The van der Waals surface area contributed by atoms with Crippen LogP contribution in [0.2, 0.25) is 0 Å². The van der Waals surface area contributed by atoms with Crippen LogP contribution in [0.25, 0.3) is 5.82 Å². The number of pyridine rings is 1. The molecule has 5 heteroatoms. The summed E-state index contributed by atoms with van der Waals surface area (Å²) in [5.74, 6) is 1.65. The number of phenolic OH excluding ortho intramolecular Hbond substituents is 1. The molecule has 3 rings (SSSR count). The summed E-state index contributed by atoms with van der Waals surface area (Å²) in [6.07, 6.45) is 7.44. The fourth-order valence-electron chi connectivity index (χ4n) is 4.15. The number of aryl methyl sites for hydroxylation is 4. The fraction of sp³-hybridized carbons (Fsp3) is 0.423. The van der Waals surface area contributed by atoms with Crippen molar-refractivity contribution in [3.63, 3.8) is 0 Å². The van der Waals surface area contributed by atoms with Gasteiger partial charge >= 0.3 is 0 Å². The molecule has 0 saturated heterocycles. The molecule has 2 aromatic heterocycles. The zero-order valence-corrected chi connectivity index (χ0v) is 19.1. The van der Waals surface area contributed by atoms with Crippen molar-refractivity contribution >= 4 is 0 Å². The molecule has 3 aromatic rings. The third-order valence-corrected chi connectivity index (χ3v) is 5.54. The van der Waals surface area contributed by atoms with Gasteiger partial charge in [-0.3, -0.25) is 4.79 Å². The largest absolute Gasteiger partial charge is 0.507 e. The predicted octanol–water partition coefficient (Wildman–Crippen LogP) is 5.09. The van der Waals surface area contributed by atoms with Crippen molar-refractivity contribution in [1.29, 1.82) is 0 Å². The molecule has 0 spiro atoms. The van der Waals surface area contributed by atoms with Gasteiger partial charge < -0.3 is 5.11 Å². The topological polar surface area (TPSA) is 68.0 Å². The van der Waals surface area contributed by atoms with Gasteiger partial charge in [-0.25, -0.2) is 14.5 Å². The first-order chi connectivity index (χ1) is 15.0. The molecular formula is C26H33N3O2. The van der Waals surface area contributed by atoms with E-state index in [1.165, 1.54) is 0 Å². The van der Waals surface area contributed by atoms with Gasteiger partial charge in [0.05, 0.1) is 5.69 Å². The van der Waals surface area contributed by atoms with Crippen LogP contribution in [0.3, 0.4) is 0 Å². The summed E-state index contributed by atoms with van der Waals surface area (Å²) in [5, 5.41) is 10.7. The number of aromatic hydroxyl groups is 1. The Kier molecular flexibility index (Phi) is 7.61. The second-order valence-electron chi connectivity index (χ2n) is 8.10. The van der Waals surface area contributed by atoms with Gasteiger partial charge in [0.1, 0.15) is 17.4 Å². The van der Waals surface area contributed by atoms with Crippen molar-refractivity contribution in [1.82, 2.24) is 14.5 Å². The SMILES string of the molecule is CCCc1cc(Cc2c(CCC)nc(C)n(-c3ccccn3)c2=O)cc(CCC)c1O. The quantitative estimate of drug-likeness (QED) is 0.524. The minimum absolute atomic E-state index is 0.0585. The number of hydrogen-bond donors (Lipinski definition) is 1. The molecule has 31 heavy (non-hydrogen) atoms. The van der Waals surface area contributed by atoms with Crippen LogP contribution < -0.4 is 5.56 Å². The van der Waals surface area contributed by atoms with E-state index >= 15 is 0 Å². The summed E-state index contributed by atoms with van der Waals surface area (Å²) in [6.45, 7) is 8.18. The molecule has 0 fully saturated rings. The maximum atomic E-state index is 13.6. The van der Waals surface area contributed by atoms with Crippen LogP contribution in [0.15, 0.2) is 41.3 Å². The van der Waals surface area contributed by atoms with Crippen molar-refractivity contribution in [3.8, 4) is 11.6 Å². The Balaban J connectivity index is 2.15. The van der Waals surface area contributed by atoms with Crippen LogP contribution in [-0.2, 0) is 25.7 Å². The molecule has 2 heterocycles. The van der Waals surface area contributed by atoms with Gasteiger partial charge in [-0.2, -0.15) is 0 Å². The van der Waals surface area contributed by atoms with Crippen LogP contribution in [0.5, 0.6) is 5.75 Å².